The second kappa shape index (κ2) is 11.3. The van der Waals surface area contributed by atoms with Crippen molar-refractivity contribution < 1.29 is 23.1 Å². The summed E-state index contributed by atoms with van der Waals surface area (Å²) in [6.45, 7) is 7.15. The van der Waals surface area contributed by atoms with Gasteiger partial charge in [0.15, 0.2) is 11.6 Å². The van der Waals surface area contributed by atoms with E-state index in [4.69, 9.17) is 4.74 Å². The van der Waals surface area contributed by atoms with E-state index in [0.29, 0.717) is 28.3 Å². The first-order chi connectivity index (χ1) is 19.3. The topological polar surface area (TPSA) is 98.1 Å². The number of aromatic nitrogens is 3. The van der Waals surface area contributed by atoms with Crippen molar-refractivity contribution in [3.8, 4) is 11.5 Å². The van der Waals surface area contributed by atoms with Crippen molar-refractivity contribution in [3.63, 3.8) is 0 Å². The first-order valence-corrected chi connectivity index (χ1v) is 12.6. The second-order valence-corrected chi connectivity index (χ2v) is 9.13. The maximum absolute atomic E-state index is 15.0. The average molecular weight is 542 g/mol. The van der Waals surface area contributed by atoms with Crippen molar-refractivity contribution in [2.45, 2.75) is 26.3 Å². The number of hydrogen-bond donors (Lipinski definition) is 2. The van der Waals surface area contributed by atoms with Crippen LogP contribution in [0.3, 0.4) is 0 Å². The third-order valence-corrected chi connectivity index (χ3v) is 6.13. The number of anilines is 2. The Morgan fingerprint density at radius 2 is 1.70 bits per heavy atom. The highest BCUT2D eigenvalue weighted by Gasteiger charge is 2.25. The number of nitrogens with one attached hydrogen (secondary N) is 2. The van der Waals surface area contributed by atoms with Gasteiger partial charge < -0.3 is 19.9 Å². The molecule has 8 nitrogen and oxygen atoms in total. The lowest BCUT2D eigenvalue weighted by atomic mass is 10.0. The Morgan fingerprint density at radius 3 is 2.42 bits per heavy atom. The van der Waals surface area contributed by atoms with E-state index < -0.39 is 29.9 Å². The quantitative estimate of drug-likeness (QED) is 0.243. The monoisotopic (exact) mass is 541 g/mol. The Kier molecular flexibility index (Phi) is 7.50. The number of benzene rings is 2. The lowest BCUT2D eigenvalue weighted by Crippen LogP contribution is -2.21. The number of aryl methyl sites for hydroxylation is 1. The summed E-state index contributed by atoms with van der Waals surface area (Å²) in [6, 6.07) is 10.7. The molecule has 2 amide bonds. The van der Waals surface area contributed by atoms with Crippen LogP contribution in [0.15, 0.2) is 73.8 Å². The van der Waals surface area contributed by atoms with E-state index in [1.807, 2.05) is 16.8 Å². The van der Waals surface area contributed by atoms with E-state index in [1.165, 1.54) is 36.4 Å². The fourth-order valence-corrected chi connectivity index (χ4v) is 4.29. The van der Waals surface area contributed by atoms with Crippen LogP contribution < -0.4 is 15.4 Å². The Morgan fingerprint density at radius 1 is 0.975 bits per heavy atom. The van der Waals surface area contributed by atoms with E-state index in [9.17, 15) is 18.4 Å². The van der Waals surface area contributed by atoms with Crippen molar-refractivity contribution >= 4 is 40.4 Å². The van der Waals surface area contributed by atoms with Crippen molar-refractivity contribution in [3.05, 3.63) is 102 Å². The number of fused-ring (bicyclic) bond motifs is 1. The van der Waals surface area contributed by atoms with E-state index in [2.05, 4.69) is 34.1 Å². The first kappa shape index (κ1) is 26.5. The fraction of sp³-hybridized carbons (Fsp3) is 0.133. The molecular formula is C30H25F2N5O3. The molecule has 0 radical (unpaired) electrons. The number of halogens is 2. The standard InChI is InChI=1S/C30H25F2N5O3/c1-3-12-37-16-25(34-17-37)22-14-24-30(18(22)2)27(10-11-33-24)40-26-9-8-21(13-23(26)32)36-29(39)15-28(38)35-20-6-4-19(31)5-7-20/h4-11,13-14,16-17H,2-3,12,15H2,1H3,(H,35,38)(H,36,39). The predicted molar refractivity (Wildman–Crippen MR) is 148 cm³/mol. The molecule has 10 heteroatoms. The summed E-state index contributed by atoms with van der Waals surface area (Å²) >= 11 is 0. The number of rotatable bonds is 9. The lowest BCUT2D eigenvalue weighted by Gasteiger charge is -2.13. The Hall–Kier alpha value is -5.12. The van der Waals surface area contributed by atoms with Gasteiger partial charge in [-0.25, -0.2) is 13.8 Å². The summed E-state index contributed by atoms with van der Waals surface area (Å²) in [5, 5.41) is 4.98. The molecule has 0 unspecified atom stereocenters. The lowest BCUT2D eigenvalue weighted by molar-refractivity contribution is -0.123. The number of hydrogen-bond acceptors (Lipinski definition) is 5. The zero-order chi connectivity index (χ0) is 28.2. The molecule has 5 rings (SSSR count). The number of pyridine rings is 1. The van der Waals surface area contributed by atoms with Gasteiger partial charge in [-0.1, -0.05) is 13.5 Å². The van der Waals surface area contributed by atoms with Gasteiger partial charge in [0.2, 0.25) is 11.8 Å². The van der Waals surface area contributed by atoms with Crippen LogP contribution in [-0.2, 0) is 16.1 Å². The Labute approximate surface area is 229 Å². The number of allylic oxidation sites excluding steroid dienone is 2. The molecule has 0 aliphatic heterocycles. The summed E-state index contributed by atoms with van der Waals surface area (Å²) < 4.78 is 35.9. The summed E-state index contributed by atoms with van der Waals surface area (Å²) in [6.07, 6.45) is 7.65. The number of carbonyl (C=O) groups is 2. The highest BCUT2D eigenvalue weighted by molar-refractivity contribution is 6.16. The molecule has 0 spiro atoms. The SMILES string of the molecule is C=C1C(c2cn(CCC)cn2)=Cc2nccc(Oc3ccc(NC(=O)CC(=O)Nc4ccc(F)cc4)cc3F)c21. The number of imidazole rings is 1. The summed E-state index contributed by atoms with van der Waals surface area (Å²) in [4.78, 5) is 33.3. The predicted octanol–water partition coefficient (Wildman–Crippen LogP) is 6.29. The normalized spacial score (nSPS) is 12.1. The third-order valence-electron chi connectivity index (χ3n) is 6.13. The molecule has 0 saturated carbocycles. The van der Waals surface area contributed by atoms with Crippen molar-refractivity contribution in [1.29, 1.82) is 0 Å². The van der Waals surface area contributed by atoms with Gasteiger partial charge in [-0.2, -0.15) is 0 Å². The van der Waals surface area contributed by atoms with Crippen molar-refractivity contribution in [2.24, 2.45) is 0 Å². The number of amides is 2. The third kappa shape index (κ3) is 5.80. The van der Waals surface area contributed by atoms with Crippen LogP contribution in [0.4, 0.5) is 20.2 Å². The summed E-state index contributed by atoms with van der Waals surface area (Å²) in [5.74, 6) is -2.08. The van der Waals surface area contributed by atoms with Crippen molar-refractivity contribution in [2.75, 3.05) is 10.6 Å². The Bertz CT molecular complexity index is 1640. The maximum Gasteiger partial charge on any atom is 0.233 e. The zero-order valence-corrected chi connectivity index (χ0v) is 21.6. The van der Waals surface area contributed by atoms with Crippen LogP contribution in [-0.4, -0.2) is 26.3 Å². The van der Waals surface area contributed by atoms with Gasteiger partial charge in [-0.15, -0.1) is 0 Å². The molecule has 0 atom stereocenters. The van der Waals surface area contributed by atoms with E-state index in [-0.39, 0.29) is 11.4 Å². The summed E-state index contributed by atoms with van der Waals surface area (Å²) in [7, 11) is 0. The van der Waals surface area contributed by atoms with Crippen LogP contribution in [0.2, 0.25) is 0 Å². The smallest absolute Gasteiger partial charge is 0.233 e. The summed E-state index contributed by atoms with van der Waals surface area (Å²) in [5.41, 5.74) is 4.04. The van der Waals surface area contributed by atoms with Gasteiger partial charge in [-0.05, 0) is 60.5 Å². The Balaban J connectivity index is 1.24. The molecule has 0 fully saturated rings. The van der Waals surface area contributed by atoms with Gasteiger partial charge in [0.05, 0.1) is 23.3 Å². The molecule has 0 saturated heterocycles. The van der Waals surface area contributed by atoms with E-state index in [1.54, 1.807) is 18.6 Å². The van der Waals surface area contributed by atoms with Crippen LogP contribution in [0, 0.1) is 11.6 Å². The van der Waals surface area contributed by atoms with Gasteiger partial charge in [0, 0.05) is 42.0 Å². The zero-order valence-electron chi connectivity index (χ0n) is 21.6. The molecule has 2 aromatic heterocycles. The average Bonchev–Trinajstić information content (AvgIpc) is 3.51. The van der Waals surface area contributed by atoms with Crippen LogP contribution in [0.25, 0.3) is 17.2 Å². The van der Waals surface area contributed by atoms with E-state index >= 15 is 0 Å². The van der Waals surface area contributed by atoms with Gasteiger partial charge in [-0.3, -0.25) is 14.6 Å². The maximum atomic E-state index is 15.0. The highest BCUT2D eigenvalue weighted by atomic mass is 19.1. The molecular weight excluding hydrogens is 516 g/mol. The minimum absolute atomic E-state index is 0.0612. The van der Waals surface area contributed by atoms with Crippen LogP contribution >= 0.6 is 0 Å². The van der Waals surface area contributed by atoms with Gasteiger partial charge >= 0.3 is 0 Å². The molecule has 0 bridgehead atoms. The largest absolute Gasteiger partial charge is 0.453 e. The minimum Gasteiger partial charge on any atom is -0.453 e. The van der Waals surface area contributed by atoms with Gasteiger partial charge in [0.25, 0.3) is 0 Å². The molecule has 2 N–H and O–H groups in total. The molecule has 40 heavy (non-hydrogen) atoms. The molecule has 2 heterocycles. The molecule has 2 aromatic carbocycles. The van der Waals surface area contributed by atoms with Crippen molar-refractivity contribution in [1.82, 2.24) is 14.5 Å². The van der Waals surface area contributed by atoms with Crippen LogP contribution in [0.5, 0.6) is 11.5 Å². The van der Waals surface area contributed by atoms with Crippen LogP contribution in [0.1, 0.15) is 36.7 Å². The second-order valence-electron chi connectivity index (χ2n) is 9.13. The van der Waals surface area contributed by atoms with Gasteiger partial charge in [0.1, 0.15) is 18.0 Å². The minimum atomic E-state index is -0.714. The van der Waals surface area contributed by atoms with E-state index in [0.717, 1.165) is 30.3 Å². The first-order valence-electron chi connectivity index (χ1n) is 12.6. The molecule has 1 aliphatic rings. The molecule has 202 valence electrons. The highest BCUT2D eigenvalue weighted by Crippen LogP contribution is 2.44. The number of carbonyl (C=O) groups excluding carboxylic acids is 2. The molecule has 4 aromatic rings. The molecule has 1 aliphatic carbocycles. The number of nitrogens with zero attached hydrogens (tertiary/aromatic N) is 3. The number of ether oxygens (including phenoxy) is 1. The fourth-order valence-electron chi connectivity index (χ4n) is 4.29.